The molecule has 0 bridgehead atoms. The Morgan fingerprint density at radius 3 is 1.22 bits per heavy atom. The molecule has 86 heavy (non-hydrogen) atoms. The molecule has 0 fully saturated rings. The Hall–Kier alpha value is -10.3. The molecule has 17 rings (SSSR count). The molecule has 0 aliphatic heterocycles. The van der Waals surface area contributed by atoms with E-state index in [1.807, 2.05) is 46.9 Å². The van der Waals surface area contributed by atoms with Gasteiger partial charge < -0.3 is 4.57 Å². The van der Waals surface area contributed by atoms with Crippen LogP contribution >= 0.6 is 34.0 Å². The summed E-state index contributed by atoms with van der Waals surface area (Å²) in [4.78, 5) is 11.0. The molecule has 0 aliphatic carbocycles. The number of nitrogens with zero attached hydrogens (tertiary/aromatic N) is 4. The van der Waals surface area contributed by atoms with Crippen molar-refractivity contribution in [1.29, 1.82) is 5.26 Å². The Labute approximate surface area is 508 Å². The van der Waals surface area contributed by atoms with Crippen LogP contribution in [0.3, 0.4) is 0 Å². The molecule has 402 valence electrons. The summed E-state index contributed by atoms with van der Waals surface area (Å²) >= 11 is 5.43. The molecule has 0 N–H and O–H groups in total. The van der Waals surface area contributed by atoms with Crippen LogP contribution in [-0.4, -0.2) is 14.5 Å². The Morgan fingerprint density at radius 2 is 0.721 bits per heavy atom. The van der Waals surface area contributed by atoms with E-state index in [0.29, 0.717) is 17.1 Å². The van der Waals surface area contributed by atoms with Gasteiger partial charge in [0.2, 0.25) is 0 Å². The first kappa shape index (κ1) is 50.2. The topological polar surface area (TPSA) is 54.5 Å². The zero-order valence-electron chi connectivity index (χ0n) is 46.8. The summed E-state index contributed by atoms with van der Waals surface area (Å²) in [5.74, 6) is 0.576. The van der Waals surface area contributed by atoms with Crippen LogP contribution in [0.25, 0.3) is 166 Å². The van der Waals surface area contributed by atoms with Crippen molar-refractivity contribution >= 4 is 116 Å². The minimum absolute atomic E-state index is 0.531. The van der Waals surface area contributed by atoms with Crippen molar-refractivity contribution in [3.05, 3.63) is 271 Å². The van der Waals surface area contributed by atoms with Gasteiger partial charge in [0.15, 0.2) is 5.82 Å². The molecule has 0 amide bonds. The van der Waals surface area contributed by atoms with Crippen LogP contribution in [0.1, 0.15) is 16.7 Å². The maximum atomic E-state index is 12.7. The van der Waals surface area contributed by atoms with Gasteiger partial charge in [-0.15, -0.1) is 34.0 Å². The second-order valence-corrected chi connectivity index (χ2v) is 25.7. The lowest BCUT2D eigenvalue weighted by Gasteiger charge is -2.26. The van der Waals surface area contributed by atoms with Crippen molar-refractivity contribution < 1.29 is 0 Å². The first-order valence-electron chi connectivity index (χ1n) is 28.9. The van der Waals surface area contributed by atoms with Crippen molar-refractivity contribution in [3.63, 3.8) is 0 Å². The van der Waals surface area contributed by atoms with Crippen LogP contribution in [0.15, 0.2) is 255 Å². The first-order valence-corrected chi connectivity index (χ1v) is 31.4. The van der Waals surface area contributed by atoms with E-state index in [2.05, 4.69) is 255 Å². The summed E-state index contributed by atoms with van der Waals surface area (Å²) in [7, 11) is 0. The lowest BCUT2D eigenvalue weighted by molar-refractivity contribution is 1.18. The maximum absolute atomic E-state index is 12.7. The Kier molecular flexibility index (Phi) is 11.6. The Morgan fingerprint density at radius 1 is 0.314 bits per heavy atom. The third-order valence-electron chi connectivity index (χ3n) is 17.2. The van der Waals surface area contributed by atoms with Gasteiger partial charge in [-0.3, -0.25) is 0 Å². The molecule has 0 unspecified atom stereocenters. The largest absolute Gasteiger partial charge is 0.309 e. The highest BCUT2D eigenvalue weighted by Crippen LogP contribution is 2.55. The van der Waals surface area contributed by atoms with Gasteiger partial charge in [0, 0.05) is 105 Å². The van der Waals surface area contributed by atoms with Gasteiger partial charge in [-0.1, -0.05) is 169 Å². The molecule has 5 aromatic heterocycles. The standard InChI is InChI=1S/C79H48N4S3/c1-46-25-34-66-58(39-46)59-40-47(2)26-35-67(59)83(66)54-32-27-49(28-33-54)75-74(51-29-36-71-60(41-51)55-19-9-12-22-68(55)84-71)63(45-80)78(65-44-64(48-15-5-3-6-16-48)81-79(82-65)50-17-7-4-8-18-50)77(53-31-38-73-62(43-53)57-21-11-14-24-70(57)86-73)76(75)52-30-37-72-61(42-52)56-20-10-13-23-69(56)85-72/h3-44H,1-2H3. The monoisotopic (exact) mass is 1150 g/mol. The molecular formula is C79H48N4S3. The molecule has 17 aromatic rings. The predicted molar refractivity (Wildman–Crippen MR) is 367 cm³/mol. The van der Waals surface area contributed by atoms with Gasteiger partial charge in [0.1, 0.15) is 6.07 Å². The fourth-order valence-corrected chi connectivity index (χ4v) is 16.5. The van der Waals surface area contributed by atoms with Crippen molar-refractivity contribution in [2.75, 3.05) is 0 Å². The normalized spacial score (nSPS) is 11.8. The highest BCUT2D eigenvalue weighted by Gasteiger charge is 2.31. The zero-order valence-corrected chi connectivity index (χ0v) is 49.2. The van der Waals surface area contributed by atoms with Gasteiger partial charge in [-0.25, -0.2) is 9.97 Å². The number of benzene rings is 12. The molecule has 0 aliphatic rings. The highest BCUT2D eigenvalue weighted by molar-refractivity contribution is 7.26. The zero-order chi connectivity index (χ0) is 57.1. The molecule has 0 radical (unpaired) electrons. The average Bonchev–Trinajstić information content (AvgIpc) is 1.02. The molecule has 5 heterocycles. The van der Waals surface area contributed by atoms with Crippen LogP contribution < -0.4 is 0 Å². The van der Waals surface area contributed by atoms with Crippen molar-refractivity contribution in [3.8, 4) is 90.2 Å². The Bertz CT molecular complexity index is 5560. The van der Waals surface area contributed by atoms with Crippen molar-refractivity contribution in [1.82, 2.24) is 14.5 Å². The third-order valence-corrected chi connectivity index (χ3v) is 20.6. The SMILES string of the molecule is Cc1ccc2c(c1)c1cc(C)ccc1n2-c1ccc(-c2c(-c3ccc4sc5ccccc5c4c3)c(C#N)c(-c3cc(-c4ccccc4)nc(-c4ccccc4)n3)c(-c3ccc4sc5ccccc5c4c3)c2-c2ccc3sc4ccccc4c3c2)cc1. The van der Waals surface area contributed by atoms with Crippen LogP contribution in [-0.2, 0) is 0 Å². The number of hydrogen-bond acceptors (Lipinski definition) is 6. The minimum Gasteiger partial charge on any atom is -0.309 e. The van der Waals surface area contributed by atoms with Gasteiger partial charge >= 0.3 is 0 Å². The van der Waals surface area contributed by atoms with Crippen LogP contribution in [0.4, 0.5) is 0 Å². The quantitative estimate of drug-likeness (QED) is 0.152. The molecular weight excluding hydrogens is 1100 g/mol. The number of fused-ring (bicyclic) bond motifs is 12. The molecule has 7 heteroatoms. The number of thiophene rings is 3. The van der Waals surface area contributed by atoms with E-state index >= 15 is 0 Å². The highest BCUT2D eigenvalue weighted by atomic mass is 32.1. The van der Waals surface area contributed by atoms with Gasteiger partial charge in [-0.05, 0) is 144 Å². The van der Waals surface area contributed by atoms with Crippen LogP contribution in [0.2, 0.25) is 0 Å². The summed E-state index contributed by atoms with van der Waals surface area (Å²) in [6.45, 7) is 4.34. The number of rotatable bonds is 8. The second-order valence-electron chi connectivity index (χ2n) is 22.4. The van der Waals surface area contributed by atoms with Gasteiger partial charge in [0.05, 0.1) is 28.0 Å². The average molecular weight is 1150 g/mol. The minimum atomic E-state index is 0.531. The predicted octanol–water partition coefficient (Wildman–Crippen LogP) is 22.8. The lowest BCUT2D eigenvalue weighted by Crippen LogP contribution is -2.05. The van der Waals surface area contributed by atoms with Gasteiger partial charge in [0.25, 0.3) is 0 Å². The van der Waals surface area contributed by atoms with Gasteiger partial charge in [-0.2, -0.15) is 5.26 Å². The number of aromatic nitrogens is 3. The second kappa shape index (κ2) is 19.9. The Balaban J connectivity index is 1.06. The first-order chi connectivity index (χ1) is 42.4. The van der Waals surface area contributed by atoms with Crippen molar-refractivity contribution in [2.24, 2.45) is 0 Å². The number of nitriles is 1. The number of hydrogen-bond donors (Lipinski definition) is 0. The molecule has 0 saturated heterocycles. The van der Waals surface area contributed by atoms with Crippen molar-refractivity contribution in [2.45, 2.75) is 13.8 Å². The molecule has 4 nitrogen and oxygen atoms in total. The van der Waals surface area contributed by atoms with Crippen LogP contribution in [0.5, 0.6) is 0 Å². The molecule has 0 spiro atoms. The van der Waals surface area contributed by atoms with Crippen LogP contribution in [0, 0.1) is 25.2 Å². The summed E-state index contributed by atoms with van der Waals surface area (Å²) in [5, 5.41) is 22.2. The van der Waals surface area contributed by atoms with E-state index in [1.165, 1.54) is 71.6 Å². The molecule has 0 atom stereocenters. The fourth-order valence-electron chi connectivity index (χ4n) is 13.3. The van der Waals surface area contributed by atoms with E-state index in [-0.39, 0.29) is 0 Å². The lowest BCUT2D eigenvalue weighted by atomic mass is 9.76. The fraction of sp³-hybridized carbons (Fsp3) is 0.0253. The van der Waals surface area contributed by atoms with E-state index in [9.17, 15) is 5.26 Å². The maximum Gasteiger partial charge on any atom is 0.160 e. The molecule has 12 aromatic carbocycles. The van der Waals surface area contributed by atoms with E-state index in [0.717, 1.165) is 94.4 Å². The van der Waals surface area contributed by atoms with E-state index < -0.39 is 0 Å². The third kappa shape index (κ3) is 8.06. The summed E-state index contributed by atoms with van der Waals surface area (Å²) in [6, 6.07) is 95.3. The smallest absolute Gasteiger partial charge is 0.160 e. The summed E-state index contributed by atoms with van der Waals surface area (Å²) in [6.07, 6.45) is 0. The summed E-state index contributed by atoms with van der Waals surface area (Å²) < 4.78 is 9.69. The molecule has 0 saturated carbocycles. The summed E-state index contributed by atoms with van der Waals surface area (Å²) in [5.41, 5.74) is 18.0. The van der Waals surface area contributed by atoms with E-state index in [4.69, 9.17) is 9.97 Å². The van der Waals surface area contributed by atoms with E-state index in [1.54, 1.807) is 11.3 Å². The number of aryl methyl sites for hydroxylation is 2.